The van der Waals surface area contributed by atoms with Crippen LogP contribution in [0.15, 0.2) is 0 Å². The van der Waals surface area contributed by atoms with Crippen LogP contribution in [-0.2, 0) is 11.3 Å². The van der Waals surface area contributed by atoms with Crippen LogP contribution in [0.25, 0.3) is 0 Å². The molecule has 0 heterocycles. The zero-order chi connectivity index (χ0) is 9.28. The van der Waals surface area contributed by atoms with Gasteiger partial charge in [-0.15, -0.1) is 0 Å². The molecular weight excluding hydrogens is 162 g/mol. The highest BCUT2D eigenvalue weighted by molar-refractivity contribution is 7.76. The van der Waals surface area contributed by atoms with E-state index in [1.165, 1.54) is 10.7 Å². The van der Waals surface area contributed by atoms with Crippen molar-refractivity contribution in [3.8, 4) is 0 Å². The second kappa shape index (κ2) is 10.1. The molecule has 0 aromatic carbocycles. The highest BCUT2D eigenvalue weighted by Crippen LogP contribution is 1.87. The van der Waals surface area contributed by atoms with Crippen molar-refractivity contribution in [2.75, 3.05) is 13.1 Å². The van der Waals surface area contributed by atoms with E-state index in [0.717, 1.165) is 0 Å². The van der Waals surface area contributed by atoms with Gasteiger partial charge >= 0.3 is 0 Å². The zero-order valence-corrected chi connectivity index (χ0v) is 8.61. The Morgan fingerprint density at radius 3 is 1.45 bits per heavy atom. The maximum Gasteiger partial charge on any atom is 0.0208 e. The zero-order valence-electron chi connectivity index (χ0n) is 7.79. The van der Waals surface area contributed by atoms with E-state index >= 15 is 0 Å². The Hall–Kier alpha value is 0.0700. The lowest BCUT2D eigenvalue weighted by molar-refractivity contribution is 0.414. The van der Waals surface area contributed by atoms with Crippen LogP contribution in [0.3, 0.4) is 0 Å². The van der Waals surface area contributed by atoms with E-state index in [2.05, 4.69) is 13.8 Å². The van der Waals surface area contributed by atoms with Gasteiger partial charge < -0.3 is 4.55 Å². The second-order valence-electron chi connectivity index (χ2n) is 2.04. The van der Waals surface area contributed by atoms with E-state index in [9.17, 15) is 8.76 Å². The van der Waals surface area contributed by atoms with Gasteiger partial charge in [0.2, 0.25) is 0 Å². The molecular formula is C7H18NO2S-. The van der Waals surface area contributed by atoms with E-state index in [1.54, 1.807) is 13.8 Å². The lowest BCUT2D eigenvalue weighted by Gasteiger charge is -2.19. The first-order chi connectivity index (χ1) is 5.13. The summed E-state index contributed by atoms with van der Waals surface area (Å²) in [5, 5.41) is 0. The summed E-state index contributed by atoms with van der Waals surface area (Å²) in [4.78, 5) is 0. The van der Waals surface area contributed by atoms with Gasteiger partial charge in [0, 0.05) is 24.4 Å². The van der Waals surface area contributed by atoms with Gasteiger partial charge in [-0.05, 0) is 0 Å². The van der Waals surface area contributed by atoms with Gasteiger partial charge in [-0.1, -0.05) is 34.1 Å². The molecule has 0 aliphatic heterocycles. The molecule has 11 heavy (non-hydrogen) atoms. The smallest absolute Gasteiger partial charge is 0.0208 e. The van der Waals surface area contributed by atoms with Crippen LogP contribution in [0.5, 0.6) is 0 Å². The summed E-state index contributed by atoms with van der Waals surface area (Å²) < 4.78 is 21.5. The van der Waals surface area contributed by atoms with E-state index in [1.807, 2.05) is 0 Å². The Bertz CT molecular complexity index is 94.4. The molecule has 3 nitrogen and oxygen atoms in total. The van der Waals surface area contributed by atoms with Crippen LogP contribution in [0.2, 0.25) is 0 Å². The average Bonchev–Trinajstić information content (AvgIpc) is 1.91. The molecule has 0 aromatic heterocycles. The van der Waals surface area contributed by atoms with Crippen LogP contribution in [0.1, 0.15) is 34.1 Å². The molecule has 0 spiro atoms. The predicted octanol–water partition coefficient (Wildman–Crippen LogP) is 1.54. The Balaban J connectivity index is 0. The van der Waals surface area contributed by atoms with Crippen molar-refractivity contribution < 1.29 is 8.76 Å². The third-order valence-electron chi connectivity index (χ3n) is 0.916. The van der Waals surface area contributed by atoms with Crippen LogP contribution >= 0.6 is 0 Å². The molecule has 0 amide bonds. The molecule has 0 bridgehead atoms. The van der Waals surface area contributed by atoms with Crippen molar-refractivity contribution in [3.63, 3.8) is 0 Å². The van der Waals surface area contributed by atoms with E-state index in [4.69, 9.17) is 0 Å². The standard InChI is InChI=1S/C4H11NO2S.C3H8/c1-3-5(4-2)8(6)7;1-3-2/h3-4H2,1-2H3,(H,6,7);3H2,1-2H3/p-1. The summed E-state index contributed by atoms with van der Waals surface area (Å²) in [6.45, 7) is 8.98. The van der Waals surface area contributed by atoms with Crippen LogP contribution < -0.4 is 0 Å². The fourth-order valence-electron chi connectivity index (χ4n) is 0.434. The molecule has 0 saturated carbocycles. The van der Waals surface area contributed by atoms with Gasteiger partial charge in [0.05, 0.1) is 0 Å². The maximum absolute atomic E-state index is 10.1. The van der Waals surface area contributed by atoms with E-state index in [-0.39, 0.29) is 0 Å². The Morgan fingerprint density at radius 1 is 1.18 bits per heavy atom. The topological polar surface area (TPSA) is 43.4 Å². The quantitative estimate of drug-likeness (QED) is 0.618. The summed E-state index contributed by atoms with van der Waals surface area (Å²) in [6, 6.07) is 0. The number of rotatable bonds is 3. The van der Waals surface area contributed by atoms with Crippen molar-refractivity contribution in [1.82, 2.24) is 4.31 Å². The van der Waals surface area contributed by atoms with Crippen molar-refractivity contribution >= 4 is 11.3 Å². The molecule has 0 N–H and O–H groups in total. The van der Waals surface area contributed by atoms with E-state index in [0.29, 0.717) is 13.1 Å². The highest BCUT2D eigenvalue weighted by atomic mass is 32.2. The van der Waals surface area contributed by atoms with Crippen molar-refractivity contribution in [2.24, 2.45) is 0 Å². The van der Waals surface area contributed by atoms with E-state index < -0.39 is 11.3 Å². The minimum atomic E-state index is -2.02. The first kappa shape index (κ1) is 13.6. The summed E-state index contributed by atoms with van der Waals surface area (Å²) in [6.07, 6.45) is 1.25. The van der Waals surface area contributed by atoms with Gasteiger partial charge in [-0.25, -0.2) is 4.31 Å². The Labute approximate surface area is 72.2 Å². The first-order valence-electron chi connectivity index (χ1n) is 3.98. The summed E-state index contributed by atoms with van der Waals surface area (Å²) in [5.74, 6) is 0. The SMILES string of the molecule is CCC.CCN(CC)S(=O)[O-]. The van der Waals surface area contributed by atoms with Gasteiger partial charge in [-0.2, -0.15) is 0 Å². The molecule has 0 radical (unpaired) electrons. The molecule has 70 valence electrons. The number of nitrogens with zero attached hydrogens (tertiary/aromatic N) is 1. The minimum Gasteiger partial charge on any atom is -0.760 e. The van der Waals surface area contributed by atoms with Gasteiger partial charge in [0.15, 0.2) is 0 Å². The first-order valence-corrected chi connectivity index (χ1v) is 5.01. The fraction of sp³-hybridized carbons (Fsp3) is 1.00. The fourth-order valence-corrected chi connectivity index (χ4v) is 0.856. The third-order valence-corrected chi connectivity index (χ3v) is 1.85. The Kier molecular flexibility index (Phi) is 12.5. The lowest BCUT2D eigenvalue weighted by Crippen LogP contribution is -2.24. The molecule has 4 heteroatoms. The molecule has 1 atom stereocenters. The van der Waals surface area contributed by atoms with Gasteiger partial charge in [0.1, 0.15) is 0 Å². The van der Waals surface area contributed by atoms with Crippen LogP contribution in [-0.4, -0.2) is 26.2 Å². The normalized spacial score (nSPS) is 12.2. The monoisotopic (exact) mass is 180 g/mol. The third kappa shape index (κ3) is 10.1. The molecule has 0 saturated heterocycles. The minimum absolute atomic E-state index is 0.562. The molecule has 0 rings (SSSR count). The lowest BCUT2D eigenvalue weighted by atomic mass is 10.6. The van der Waals surface area contributed by atoms with Crippen molar-refractivity contribution in [1.29, 1.82) is 0 Å². The molecule has 0 aromatic rings. The van der Waals surface area contributed by atoms with Crippen LogP contribution in [0.4, 0.5) is 0 Å². The summed E-state index contributed by atoms with van der Waals surface area (Å²) in [5.41, 5.74) is 0. The second-order valence-corrected chi connectivity index (χ2v) is 2.99. The molecule has 1 unspecified atom stereocenters. The molecule has 0 aliphatic carbocycles. The van der Waals surface area contributed by atoms with Crippen LogP contribution in [0, 0.1) is 0 Å². The van der Waals surface area contributed by atoms with Gasteiger partial charge in [-0.3, -0.25) is 4.21 Å². The summed E-state index contributed by atoms with van der Waals surface area (Å²) in [7, 11) is 0. The predicted molar refractivity (Wildman–Crippen MR) is 47.8 cm³/mol. The molecule has 0 aliphatic rings. The molecule has 0 fully saturated rings. The van der Waals surface area contributed by atoms with Crippen molar-refractivity contribution in [3.05, 3.63) is 0 Å². The highest BCUT2D eigenvalue weighted by Gasteiger charge is 1.94. The Morgan fingerprint density at radius 2 is 1.45 bits per heavy atom. The number of hydrogen-bond donors (Lipinski definition) is 0. The average molecular weight is 180 g/mol. The largest absolute Gasteiger partial charge is 0.760 e. The number of hydrogen-bond acceptors (Lipinski definition) is 2. The maximum atomic E-state index is 10.1. The summed E-state index contributed by atoms with van der Waals surface area (Å²) >= 11 is -2.02. The van der Waals surface area contributed by atoms with Gasteiger partial charge in [0.25, 0.3) is 0 Å². The van der Waals surface area contributed by atoms with Crippen molar-refractivity contribution in [2.45, 2.75) is 34.1 Å².